The van der Waals surface area contributed by atoms with Gasteiger partial charge in [-0.15, -0.1) is 11.3 Å². The van der Waals surface area contributed by atoms with Crippen LogP contribution < -0.4 is 10.6 Å². The minimum Gasteiger partial charge on any atom is -0.373 e. The fourth-order valence-electron chi connectivity index (χ4n) is 3.36. The van der Waals surface area contributed by atoms with E-state index in [0.29, 0.717) is 11.0 Å². The van der Waals surface area contributed by atoms with E-state index in [9.17, 15) is 9.59 Å². The van der Waals surface area contributed by atoms with Crippen molar-refractivity contribution < 1.29 is 14.3 Å². The third kappa shape index (κ3) is 2.65. The van der Waals surface area contributed by atoms with Gasteiger partial charge in [0, 0.05) is 5.92 Å². The molecule has 2 saturated heterocycles. The Morgan fingerprint density at radius 1 is 1.27 bits per heavy atom. The van der Waals surface area contributed by atoms with Crippen LogP contribution in [0.1, 0.15) is 47.3 Å². The lowest BCUT2D eigenvalue weighted by atomic mass is 9.95. The fourth-order valence-corrected chi connectivity index (χ4v) is 4.34. The number of hydrogen-bond acceptors (Lipinski definition) is 4. The highest BCUT2D eigenvalue weighted by atomic mass is 32.1. The van der Waals surface area contributed by atoms with E-state index in [-0.39, 0.29) is 29.9 Å². The van der Waals surface area contributed by atoms with Gasteiger partial charge >= 0.3 is 0 Å². The van der Waals surface area contributed by atoms with E-state index < -0.39 is 0 Å². The number of anilines is 1. The third-order valence-electron chi connectivity index (χ3n) is 4.74. The van der Waals surface area contributed by atoms with Gasteiger partial charge in [0.25, 0.3) is 5.91 Å². The zero-order valence-electron chi connectivity index (χ0n) is 12.6. The van der Waals surface area contributed by atoms with E-state index in [2.05, 4.69) is 10.6 Å². The monoisotopic (exact) mass is 320 g/mol. The molecule has 3 aliphatic rings. The molecule has 1 saturated carbocycles. The van der Waals surface area contributed by atoms with Crippen molar-refractivity contribution in [2.45, 2.75) is 57.3 Å². The summed E-state index contributed by atoms with van der Waals surface area (Å²) in [7, 11) is 0. The lowest BCUT2D eigenvalue weighted by molar-refractivity contribution is -0.117. The number of aryl methyl sites for hydroxylation is 1. The molecular weight excluding hydrogens is 300 g/mol. The zero-order chi connectivity index (χ0) is 15.3. The highest BCUT2D eigenvalue weighted by molar-refractivity contribution is 7.18. The normalized spacial score (nSPS) is 29.6. The molecule has 2 N–H and O–H groups in total. The first kappa shape index (κ1) is 14.2. The molecule has 1 aromatic heterocycles. The summed E-state index contributed by atoms with van der Waals surface area (Å²) >= 11 is 1.36. The number of thiophene rings is 1. The quantitative estimate of drug-likeness (QED) is 0.895. The molecule has 6 heteroatoms. The first-order valence-electron chi connectivity index (χ1n) is 7.98. The number of rotatable bonds is 4. The van der Waals surface area contributed by atoms with Crippen LogP contribution in [0.3, 0.4) is 0 Å². The predicted molar refractivity (Wildman–Crippen MR) is 84.2 cm³/mol. The molecule has 3 atom stereocenters. The van der Waals surface area contributed by atoms with Crippen LogP contribution in [0.2, 0.25) is 0 Å². The van der Waals surface area contributed by atoms with E-state index in [1.54, 1.807) is 0 Å². The molecule has 4 rings (SSSR count). The average molecular weight is 320 g/mol. The van der Waals surface area contributed by atoms with Crippen molar-refractivity contribution in [3.05, 3.63) is 16.5 Å². The number of ether oxygens (including phenoxy) is 1. The zero-order valence-corrected chi connectivity index (χ0v) is 13.4. The van der Waals surface area contributed by atoms with E-state index in [1.807, 2.05) is 13.0 Å². The maximum atomic E-state index is 12.5. The second-order valence-electron chi connectivity index (χ2n) is 6.58. The van der Waals surface area contributed by atoms with E-state index >= 15 is 0 Å². The van der Waals surface area contributed by atoms with E-state index in [4.69, 9.17) is 4.74 Å². The molecule has 3 fully saturated rings. The van der Waals surface area contributed by atoms with Crippen LogP contribution in [0.5, 0.6) is 0 Å². The molecule has 1 aromatic rings. The Labute approximate surface area is 133 Å². The molecule has 3 unspecified atom stereocenters. The molecule has 2 amide bonds. The minimum atomic E-state index is -0.0458. The van der Waals surface area contributed by atoms with E-state index in [0.717, 1.165) is 42.7 Å². The van der Waals surface area contributed by atoms with Gasteiger partial charge in [0.05, 0.1) is 28.1 Å². The second-order valence-corrected chi connectivity index (χ2v) is 7.63. The van der Waals surface area contributed by atoms with Crippen molar-refractivity contribution in [3.8, 4) is 0 Å². The second kappa shape index (κ2) is 5.35. The average Bonchev–Trinajstić information content (AvgIpc) is 2.98. The first-order valence-corrected chi connectivity index (χ1v) is 8.79. The summed E-state index contributed by atoms with van der Waals surface area (Å²) in [4.78, 5) is 25.0. The van der Waals surface area contributed by atoms with Gasteiger partial charge in [0.1, 0.15) is 0 Å². The third-order valence-corrected chi connectivity index (χ3v) is 5.89. The van der Waals surface area contributed by atoms with Gasteiger partial charge in [-0.1, -0.05) is 0 Å². The van der Waals surface area contributed by atoms with Crippen LogP contribution in [0.4, 0.5) is 5.00 Å². The van der Waals surface area contributed by atoms with Gasteiger partial charge in [-0.2, -0.15) is 0 Å². The molecule has 0 spiro atoms. The molecular formula is C16H20N2O3S. The Hall–Kier alpha value is -1.40. The van der Waals surface area contributed by atoms with Crippen LogP contribution in [-0.2, 0) is 9.53 Å². The summed E-state index contributed by atoms with van der Waals surface area (Å²) in [5.41, 5.74) is 0.915. The summed E-state index contributed by atoms with van der Waals surface area (Å²) in [6.45, 7) is 1.91. The van der Waals surface area contributed by atoms with Crippen LogP contribution >= 0.6 is 11.3 Å². The highest BCUT2D eigenvalue weighted by Crippen LogP contribution is 2.35. The number of carbonyl (C=O) groups excluding carboxylic acids is 2. The Morgan fingerprint density at radius 3 is 2.73 bits per heavy atom. The van der Waals surface area contributed by atoms with Crippen LogP contribution in [0.15, 0.2) is 6.07 Å². The molecule has 0 radical (unpaired) electrons. The fraction of sp³-hybridized carbons (Fsp3) is 0.625. The standard InChI is InChI=1S/C16H20N2O3S/c1-8-6-13(18-15(19)9-2-3-9)22-14(8)16(20)17-11-7-10-4-5-12(11)21-10/h6,9-12H,2-5,7H2,1H3,(H,17,20)(H,18,19). The molecule has 118 valence electrons. The summed E-state index contributed by atoms with van der Waals surface area (Å²) in [5.74, 6) is 0.205. The smallest absolute Gasteiger partial charge is 0.262 e. The van der Waals surface area contributed by atoms with Crippen molar-refractivity contribution in [1.29, 1.82) is 0 Å². The largest absolute Gasteiger partial charge is 0.373 e. The summed E-state index contributed by atoms with van der Waals surface area (Å²) < 4.78 is 5.77. The van der Waals surface area contributed by atoms with Gasteiger partial charge in [-0.25, -0.2) is 0 Å². The molecule has 0 aromatic carbocycles. The Kier molecular flexibility index (Phi) is 3.46. The van der Waals surface area contributed by atoms with Gasteiger partial charge in [-0.05, 0) is 50.7 Å². The number of amides is 2. The summed E-state index contributed by atoms with van der Waals surface area (Å²) in [5, 5.41) is 6.79. The van der Waals surface area contributed by atoms with Crippen LogP contribution in [0, 0.1) is 12.8 Å². The maximum absolute atomic E-state index is 12.5. The highest BCUT2D eigenvalue weighted by Gasteiger charge is 2.41. The predicted octanol–water partition coefficient (Wildman–Crippen LogP) is 2.45. The van der Waals surface area contributed by atoms with Gasteiger partial charge < -0.3 is 15.4 Å². The molecule has 5 nitrogen and oxygen atoms in total. The van der Waals surface area contributed by atoms with Gasteiger partial charge in [0.2, 0.25) is 5.91 Å². The van der Waals surface area contributed by atoms with Crippen molar-refractivity contribution in [1.82, 2.24) is 5.32 Å². The van der Waals surface area contributed by atoms with Crippen molar-refractivity contribution >= 4 is 28.2 Å². The number of fused-ring (bicyclic) bond motifs is 2. The number of carbonyl (C=O) groups is 2. The first-order chi connectivity index (χ1) is 10.6. The van der Waals surface area contributed by atoms with Crippen LogP contribution in [0.25, 0.3) is 0 Å². The van der Waals surface area contributed by atoms with Crippen LogP contribution in [-0.4, -0.2) is 30.1 Å². The summed E-state index contributed by atoms with van der Waals surface area (Å²) in [6.07, 6.45) is 5.55. The number of nitrogens with one attached hydrogen (secondary N) is 2. The SMILES string of the molecule is Cc1cc(NC(=O)C2CC2)sc1C(=O)NC1CC2CCC1O2. The topological polar surface area (TPSA) is 67.4 Å². The van der Waals surface area contributed by atoms with Crippen molar-refractivity contribution in [2.24, 2.45) is 5.92 Å². The van der Waals surface area contributed by atoms with E-state index in [1.165, 1.54) is 11.3 Å². The van der Waals surface area contributed by atoms with Crippen molar-refractivity contribution in [2.75, 3.05) is 5.32 Å². The minimum absolute atomic E-state index is 0.0458. The maximum Gasteiger partial charge on any atom is 0.262 e. The summed E-state index contributed by atoms with van der Waals surface area (Å²) in [6, 6.07) is 2.02. The molecule has 1 aliphatic carbocycles. The lowest BCUT2D eigenvalue weighted by Crippen LogP contribution is -2.41. The Bertz CT molecular complexity index is 623. The molecule has 22 heavy (non-hydrogen) atoms. The lowest BCUT2D eigenvalue weighted by Gasteiger charge is -2.19. The molecule has 3 heterocycles. The van der Waals surface area contributed by atoms with Crippen molar-refractivity contribution in [3.63, 3.8) is 0 Å². The Morgan fingerprint density at radius 2 is 2.09 bits per heavy atom. The number of hydrogen-bond donors (Lipinski definition) is 2. The molecule has 2 aliphatic heterocycles. The Balaban J connectivity index is 1.41. The van der Waals surface area contributed by atoms with Gasteiger partial charge in [-0.3, -0.25) is 9.59 Å². The molecule has 2 bridgehead atoms. The van der Waals surface area contributed by atoms with Gasteiger partial charge in [0.15, 0.2) is 0 Å².